The van der Waals surface area contributed by atoms with Crippen LogP contribution >= 0.6 is 0 Å². The maximum absolute atomic E-state index is 13.1. The molecule has 59 heavy (non-hydrogen) atoms. The van der Waals surface area contributed by atoms with Gasteiger partial charge < -0.3 is 40.3 Å². The Morgan fingerprint density at radius 2 is 0.983 bits per heavy atom. The summed E-state index contributed by atoms with van der Waals surface area (Å²) in [5, 5.41) is 55.4. The highest BCUT2D eigenvalue weighted by atomic mass is 32.3. The summed E-state index contributed by atoms with van der Waals surface area (Å²) in [4.78, 5) is 13.1. The van der Waals surface area contributed by atoms with Gasteiger partial charge in [-0.25, -0.2) is 4.18 Å². The summed E-state index contributed by atoms with van der Waals surface area (Å²) in [6.07, 6.45) is 25.7. The van der Waals surface area contributed by atoms with Crippen LogP contribution in [0.5, 0.6) is 0 Å². The molecule has 0 bridgehead atoms. The molecule has 1 fully saturated rings. The van der Waals surface area contributed by atoms with Gasteiger partial charge in [0.1, 0.15) is 30.5 Å². The zero-order valence-corrected chi connectivity index (χ0v) is 38.0. The summed E-state index contributed by atoms with van der Waals surface area (Å²) in [6, 6.07) is -1.03. The van der Waals surface area contributed by atoms with Gasteiger partial charge in [-0.2, -0.15) is 8.42 Å². The molecule has 0 spiro atoms. The van der Waals surface area contributed by atoms with Gasteiger partial charge >= 0.3 is 10.4 Å². The molecule has 0 aromatic rings. The molecule has 8 unspecified atom stereocenters. The number of nitrogens with one attached hydrogen (secondary N) is 1. The number of carbonyl (C=O) groups is 1. The highest BCUT2D eigenvalue weighted by molar-refractivity contribution is 7.80. The third-order valence-corrected chi connectivity index (χ3v) is 12.2. The number of hydrogen-bond acceptors (Lipinski definition) is 11. The van der Waals surface area contributed by atoms with Crippen LogP contribution in [-0.2, 0) is 28.9 Å². The molecule has 1 heterocycles. The lowest BCUT2D eigenvalue weighted by Crippen LogP contribution is -2.61. The standard InChI is InChI=1S/C45H89NO12S/c1-3-5-7-9-11-13-15-17-18-19-20-22-23-25-27-29-31-33-38(48)37(36-56-45-42(51)43(58-59(53,54)55)41(50)40(35-47)57-45)46-44(52)39(49)34-32-30-28-26-24-21-16-14-12-10-8-6-4-2/h37-43,45,47-51H,3-36H2,1-2H3,(H,46,52)(H,53,54,55). The molecule has 0 aromatic carbocycles. The summed E-state index contributed by atoms with van der Waals surface area (Å²) >= 11 is 0. The van der Waals surface area contributed by atoms with E-state index in [-0.39, 0.29) is 6.42 Å². The first kappa shape index (κ1) is 56.1. The predicted molar refractivity (Wildman–Crippen MR) is 233 cm³/mol. The first-order valence-corrected chi connectivity index (χ1v) is 25.4. The van der Waals surface area contributed by atoms with Crippen LogP contribution in [0.15, 0.2) is 0 Å². The lowest BCUT2D eigenvalue weighted by molar-refractivity contribution is -0.298. The maximum atomic E-state index is 13.1. The van der Waals surface area contributed by atoms with Crippen molar-refractivity contribution >= 4 is 16.3 Å². The van der Waals surface area contributed by atoms with Gasteiger partial charge in [-0.05, 0) is 12.8 Å². The summed E-state index contributed by atoms with van der Waals surface area (Å²) < 4.78 is 47.6. The van der Waals surface area contributed by atoms with Gasteiger partial charge in [-0.15, -0.1) is 0 Å². The van der Waals surface area contributed by atoms with Gasteiger partial charge in [0.15, 0.2) is 6.29 Å². The van der Waals surface area contributed by atoms with Crippen LogP contribution in [-0.4, -0.2) is 107 Å². The van der Waals surface area contributed by atoms with Crippen molar-refractivity contribution in [3.63, 3.8) is 0 Å². The van der Waals surface area contributed by atoms with E-state index in [1.807, 2.05) is 0 Å². The maximum Gasteiger partial charge on any atom is 0.397 e. The fourth-order valence-corrected chi connectivity index (χ4v) is 8.45. The zero-order chi connectivity index (χ0) is 43.6. The van der Waals surface area contributed by atoms with E-state index in [0.717, 1.165) is 38.5 Å². The molecule has 0 radical (unpaired) electrons. The first-order valence-electron chi connectivity index (χ1n) is 24.0. The normalized spacial score (nSPS) is 21.4. The fraction of sp³-hybridized carbons (Fsp3) is 0.978. The number of hydrogen-bond donors (Lipinski definition) is 7. The fourth-order valence-electron chi connectivity index (χ4n) is 7.94. The minimum Gasteiger partial charge on any atom is -0.394 e. The number of ether oxygens (including phenoxy) is 2. The molecule has 8 atom stereocenters. The second-order valence-electron chi connectivity index (χ2n) is 17.2. The predicted octanol–water partition coefficient (Wildman–Crippen LogP) is 8.36. The van der Waals surface area contributed by atoms with Crippen LogP contribution in [0.2, 0.25) is 0 Å². The first-order chi connectivity index (χ1) is 28.4. The van der Waals surface area contributed by atoms with Crippen LogP contribution in [0.3, 0.4) is 0 Å². The van der Waals surface area contributed by atoms with Crippen LogP contribution < -0.4 is 5.32 Å². The molecule has 1 saturated heterocycles. The lowest BCUT2D eigenvalue weighted by Gasteiger charge is -2.41. The quantitative estimate of drug-likeness (QED) is 0.0228. The summed E-state index contributed by atoms with van der Waals surface area (Å²) in [6.45, 7) is 3.29. The van der Waals surface area contributed by atoms with E-state index in [4.69, 9.17) is 9.47 Å². The molecular formula is C45H89NO12S. The summed E-state index contributed by atoms with van der Waals surface area (Å²) in [5.41, 5.74) is 0. The summed E-state index contributed by atoms with van der Waals surface area (Å²) in [7, 11) is -5.10. The van der Waals surface area contributed by atoms with Crippen molar-refractivity contribution < 1.29 is 57.0 Å². The van der Waals surface area contributed by atoms with E-state index in [0.29, 0.717) is 19.3 Å². The molecule has 1 rings (SSSR count). The van der Waals surface area contributed by atoms with Crippen molar-refractivity contribution in [2.75, 3.05) is 13.2 Å². The van der Waals surface area contributed by atoms with Gasteiger partial charge in [-0.1, -0.05) is 206 Å². The third kappa shape index (κ3) is 29.1. The van der Waals surface area contributed by atoms with Crippen molar-refractivity contribution in [3.05, 3.63) is 0 Å². The topological polar surface area (TPSA) is 212 Å². The van der Waals surface area contributed by atoms with E-state index < -0.39 is 78.5 Å². The molecule has 1 aliphatic rings. The second kappa shape index (κ2) is 36.5. The Labute approximate surface area is 359 Å². The molecule has 0 aliphatic carbocycles. The van der Waals surface area contributed by atoms with Crippen LogP contribution in [0.4, 0.5) is 0 Å². The van der Waals surface area contributed by atoms with Gasteiger partial charge in [0.05, 0.1) is 25.4 Å². The average Bonchev–Trinajstić information content (AvgIpc) is 3.20. The largest absolute Gasteiger partial charge is 0.397 e. The molecule has 1 amide bonds. The van der Waals surface area contributed by atoms with Crippen molar-refractivity contribution in [2.45, 2.75) is 268 Å². The Bertz CT molecular complexity index is 1090. The van der Waals surface area contributed by atoms with Crippen LogP contribution in [0.25, 0.3) is 0 Å². The lowest BCUT2D eigenvalue weighted by atomic mass is 9.99. The molecule has 0 saturated carbocycles. The van der Waals surface area contributed by atoms with E-state index in [1.165, 1.54) is 141 Å². The summed E-state index contributed by atoms with van der Waals surface area (Å²) in [5.74, 6) is -0.666. The number of amides is 1. The molecule has 1 aliphatic heterocycles. The minimum absolute atomic E-state index is 0.266. The third-order valence-electron chi connectivity index (χ3n) is 11.8. The number of aliphatic hydroxyl groups is 5. The smallest absolute Gasteiger partial charge is 0.394 e. The van der Waals surface area contributed by atoms with Crippen molar-refractivity contribution in [1.29, 1.82) is 0 Å². The van der Waals surface area contributed by atoms with Gasteiger partial charge in [0.25, 0.3) is 0 Å². The van der Waals surface area contributed by atoms with Gasteiger partial charge in [0, 0.05) is 0 Å². The Morgan fingerprint density at radius 3 is 1.36 bits per heavy atom. The Morgan fingerprint density at radius 1 is 0.610 bits per heavy atom. The molecule has 7 N–H and O–H groups in total. The Balaban J connectivity index is 2.53. The van der Waals surface area contributed by atoms with Gasteiger partial charge in [0.2, 0.25) is 5.91 Å². The number of unbranched alkanes of at least 4 members (excludes halogenated alkanes) is 28. The van der Waals surface area contributed by atoms with E-state index >= 15 is 0 Å². The van der Waals surface area contributed by atoms with Gasteiger partial charge in [-0.3, -0.25) is 9.35 Å². The average molecular weight is 868 g/mol. The second-order valence-corrected chi connectivity index (χ2v) is 18.3. The van der Waals surface area contributed by atoms with Crippen LogP contribution in [0.1, 0.15) is 219 Å². The molecule has 0 aromatic heterocycles. The molecule has 13 nitrogen and oxygen atoms in total. The number of carbonyl (C=O) groups excluding carboxylic acids is 1. The van der Waals surface area contributed by atoms with Crippen molar-refractivity contribution in [2.24, 2.45) is 0 Å². The molecular weight excluding hydrogens is 779 g/mol. The minimum atomic E-state index is -5.10. The van der Waals surface area contributed by atoms with E-state index in [9.17, 15) is 43.3 Å². The highest BCUT2D eigenvalue weighted by Crippen LogP contribution is 2.26. The van der Waals surface area contributed by atoms with Crippen molar-refractivity contribution in [1.82, 2.24) is 5.32 Å². The van der Waals surface area contributed by atoms with Crippen molar-refractivity contribution in [3.8, 4) is 0 Å². The number of rotatable bonds is 41. The highest BCUT2D eigenvalue weighted by Gasteiger charge is 2.48. The SMILES string of the molecule is CCCCCCCCCCCCCCCCCCCC(O)C(COC1OC(CO)C(O)C(OS(=O)(=O)O)C1O)NC(=O)C(O)CCCCCCCCCCCCCCC. The monoisotopic (exact) mass is 868 g/mol. The number of aliphatic hydroxyl groups excluding tert-OH is 5. The zero-order valence-electron chi connectivity index (χ0n) is 37.2. The van der Waals surface area contributed by atoms with E-state index in [2.05, 4.69) is 23.3 Å². The Kier molecular flexibility index (Phi) is 34.7. The molecule has 14 heteroatoms. The Hall–Kier alpha value is -0.940. The van der Waals surface area contributed by atoms with Crippen LogP contribution in [0, 0.1) is 0 Å². The van der Waals surface area contributed by atoms with E-state index in [1.54, 1.807) is 0 Å². The molecule has 352 valence electrons.